The van der Waals surface area contributed by atoms with E-state index >= 15 is 0 Å². The van der Waals surface area contributed by atoms with Gasteiger partial charge in [0.2, 0.25) is 5.95 Å². The quantitative estimate of drug-likeness (QED) is 0.596. The number of aryl methyl sites for hydroxylation is 1. The van der Waals surface area contributed by atoms with Gasteiger partial charge in [-0.1, -0.05) is 11.6 Å². The molecule has 0 aliphatic carbocycles. The molecule has 3 aromatic heterocycles. The SMILES string of the molecule is COc1c(C)cnc(Cc2cn(CCNC(C)(C)C)c3c(Cl)nc(N)nc23)c1C. The Morgan fingerprint density at radius 2 is 1.97 bits per heavy atom. The van der Waals surface area contributed by atoms with Crippen LogP contribution in [0.4, 0.5) is 5.95 Å². The third-order valence-electron chi connectivity index (χ3n) is 4.88. The number of nitrogen functional groups attached to an aromatic ring is 1. The van der Waals surface area contributed by atoms with Crippen molar-refractivity contribution in [3.05, 3.63) is 39.9 Å². The van der Waals surface area contributed by atoms with Crippen molar-refractivity contribution in [2.24, 2.45) is 0 Å². The lowest BCUT2D eigenvalue weighted by Crippen LogP contribution is -2.37. The third kappa shape index (κ3) is 4.62. The van der Waals surface area contributed by atoms with Crippen LogP contribution < -0.4 is 15.8 Å². The van der Waals surface area contributed by atoms with Gasteiger partial charge in [0, 0.05) is 54.1 Å². The van der Waals surface area contributed by atoms with Gasteiger partial charge in [-0.25, -0.2) is 4.98 Å². The van der Waals surface area contributed by atoms with Crippen LogP contribution >= 0.6 is 11.6 Å². The summed E-state index contributed by atoms with van der Waals surface area (Å²) in [4.78, 5) is 13.3. The first kappa shape index (κ1) is 21.3. The number of hydrogen-bond donors (Lipinski definition) is 2. The van der Waals surface area contributed by atoms with Crippen molar-refractivity contribution in [2.75, 3.05) is 19.4 Å². The Labute approximate surface area is 176 Å². The number of fused-ring (bicyclic) bond motifs is 1. The molecule has 3 rings (SSSR count). The zero-order valence-electron chi connectivity index (χ0n) is 17.9. The fourth-order valence-corrected chi connectivity index (χ4v) is 3.81. The van der Waals surface area contributed by atoms with Crippen LogP contribution in [0.3, 0.4) is 0 Å². The van der Waals surface area contributed by atoms with Crippen LogP contribution in [0.1, 0.15) is 43.2 Å². The summed E-state index contributed by atoms with van der Waals surface area (Å²) in [7, 11) is 1.68. The molecule has 0 radical (unpaired) electrons. The molecule has 0 saturated carbocycles. The number of aromatic nitrogens is 4. The number of nitrogens with zero attached hydrogens (tertiary/aromatic N) is 4. The Bertz CT molecular complexity index is 1040. The van der Waals surface area contributed by atoms with Crippen molar-refractivity contribution >= 4 is 28.6 Å². The van der Waals surface area contributed by atoms with E-state index in [1.54, 1.807) is 7.11 Å². The summed E-state index contributed by atoms with van der Waals surface area (Å²) in [6, 6.07) is 0. The largest absolute Gasteiger partial charge is 0.496 e. The lowest BCUT2D eigenvalue weighted by molar-refractivity contribution is 0.407. The Morgan fingerprint density at radius 3 is 2.62 bits per heavy atom. The minimum Gasteiger partial charge on any atom is -0.496 e. The van der Waals surface area contributed by atoms with Crippen molar-refractivity contribution < 1.29 is 4.74 Å². The molecule has 8 heteroatoms. The predicted octanol–water partition coefficient (Wildman–Crippen LogP) is 3.67. The molecule has 0 unspecified atom stereocenters. The van der Waals surface area contributed by atoms with E-state index in [0.717, 1.165) is 52.3 Å². The van der Waals surface area contributed by atoms with E-state index < -0.39 is 0 Å². The Morgan fingerprint density at radius 1 is 1.24 bits per heavy atom. The second-order valence-electron chi connectivity index (χ2n) is 8.32. The van der Waals surface area contributed by atoms with E-state index in [0.29, 0.717) is 11.6 Å². The molecule has 0 aliphatic rings. The topological polar surface area (TPSA) is 90.9 Å². The molecule has 0 bridgehead atoms. The first-order valence-electron chi connectivity index (χ1n) is 9.65. The minimum atomic E-state index is 0.0377. The second-order valence-corrected chi connectivity index (χ2v) is 8.68. The summed E-state index contributed by atoms with van der Waals surface area (Å²) in [5.41, 5.74) is 11.5. The molecule has 0 saturated heterocycles. The first-order chi connectivity index (χ1) is 13.6. The van der Waals surface area contributed by atoms with E-state index in [9.17, 15) is 0 Å². The van der Waals surface area contributed by atoms with Gasteiger partial charge in [-0.2, -0.15) is 4.98 Å². The number of pyridine rings is 1. The van der Waals surface area contributed by atoms with Gasteiger partial charge in [-0.05, 0) is 34.6 Å². The average molecular weight is 417 g/mol. The van der Waals surface area contributed by atoms with E-state index in [4.69, 9.17) is 22.1 Å². The monoisotopic (exact) mass is 416 g/mol. The Balaban J connectivity index is 2.02. The van der Waals surface area contributed by atoms with Gasteiger partial charge in [0.25, 0.3) is 0 Å². The Kier molecular flexibility index (Phi) is 6.00. The smallest absolute Gasteiger partial charge is 0.222 e. The van der Waals surface area contributed by atoms with Crippen LogP contribution in [0.5, 0.6) is 5.75 Å². The molecule has 0 aromatic carbocycles. The maximum atomic E-state index is 6.44. The number of hydrogen-bond acceptors (Lipinski definition) is 6. The van der Waals surface area contributed by atoms with Gasteiger partial charge in [0.15, 0.2) is 5.15 Å². The van der Waals surface area contributed by atoms with E-state index in [1.807, 2.05) is 20.0 Å². The summed E-state index contributed by atoms with van der Waals surface area (Å²) in [5, 5.41) is 3.86. The number of halogens is 1. The summed E-state index contributed by atoms with van der Waals surface area (Å²) in [6.45, 7) is 12.0. The van der Waals surface area contributed by atoms with Crippen molar-refractivity contribution in [2.45, 2.75) is 53.1 Å². The van der Waals surface area contributed by atoms with Crippen LogP contribution in [0, 0.1) is 13.8 Å². The molecule has 0 spiro atoms. The molecule has 3 heterocycles. The maximum Gasteiger partial charge on any atom is 0.222 e. The fourth-order valence-electron chi connectivity index (χ4n) is 3.52. The zero-order chi connectivity index (χ0) is 21.3. The Hall–Kier alpha value is -2.38. The fraction of sp³-hybridized carbons (Fsp3) is 0.476. The molecule has 3 aromatic rings. The van der Waals surface area contributed by atoms with Crippen molar-refractivity contribution in [3.63, 3.8) is 0 Å². The van der Waals surface area contributed by atoms with Gasteiger partial charge in [0.05, 0.1) is 18.3 Å². The standard InChI is InChI=1S/C21H29ClN6O/c1-12-10-24-15(13(2)18(12)29-6)9-14-11-28(8-7-25-21(3,4)5)17-16(14)26-20(23)27-19(17)22/h10-11,25H,7-9H2,1-6H3,(H2,23,26,27). The highest BCUT2D eigenvalue weighted by molar-refractivity contribution is 6.33. The second kappa shape index (κ2) is 8.16. The van der Waals surface area contributed by atoms with Crippen LogP contribution in [0.15, 0.2) is 12.4 Å². The lowest BCUT2D eigenvalue weighted by Gasteiger charge is -2.20. The van der Waals surface area contributed by atoms with Gasteiger partial charge >= 0.3 is 0 Å². The van der Waals surface area contributed by atoms with Crippen LogP contribution in [-0.2, 0) is 13.0 Å². The molecule has 0 atom stereocenters. The normalized spacial score (nSPS) is 12.0. The van der Waals surface area contributed by atoms with Gasteiger partial charge in [-0.3, -0.25) is 4.98 Å². The molecular formula is C21H29ClN6O. The molecule has 3 N–H and O–H groups in total. The number of rotatable bonds is 6. The molecular weight excluding hydrogens is 388 g/mol. The summed E-state index contributed by atoms with van der Waals surface area (Å²) in [6.07, 6.45) is 4.51. The molecule has 7 nitrogen and oxygen atoms in total. The number of anilines is 1. The molecule has 0 aliphatic heterocycles. The van der Waals surface area contributed by atoms with E-state index in [2.05, 4.69) is 51.8 Å². The third-order valence-corrected chi connectivity index (χ3v) is 5.14. The predicted molar refractivity (Wildman–Crippen MR) is 118 cm³/mol. The van der Waals surface area contributed by atoms with Crippen LogP contribution in [0.25, 0.3) is 11.0 Å². The highest BCUT2D eigenvalue weighted by Crippen LogP contribution is 2.30. The number of ether oxygens (including phenoxy) is 1. The number of nitrogens with one attached hydrogen (secondary N) is 1. The molecule has 156 valence electrons. The zero-order valence-corrected chi connectivity index (χ0v) is 18.7. The molecule has 29 heavy (non-hydrogen) atoms. The van der Waals surface area contributed by atoms with Crippen LogP contribution in [-0.4, -0.2) is 38.7 Å². The van der Waals surface area contributed by atoms with Gasteiger partial charge in [0.1, 0.15) is 11.3 Å². The van der Waals surface area contributed by atoms with Gasteiger partial charge < -0.3 is 20.4 Å². The van der Waals surface area contributed by atoms with Crippen molar-refractivity contribution in [3.8, 4) is 5.75 Å². The average Bonchev–Trinajstić information content (AvgIpc) is 2.94. The van der Waals surface area contributed by atoms with E-state index in [-0.39, 0.29) is 11.5 Å². The molecule has 0 fully saturated rings. The highest BCUT2D eigenvalue weighted by Gasteiger charge is 2.18. The van der Waals surface area contributed by atoms with E-state index in [1.165, 1.54) is 0 Å². The van der Waals surface area contributed by atoms with Crippen LogP contribution in [0.2, 0.25) is 5.15 Å². The minimum absolute atomic E-state index is 0.0377. The van der Waals surface area contributed by atoms with Gasteiger partial charge in [-0.15, -0.1) is 0 Å². The molecule has 0 amide bonds. The maximum absolute atomic E-state index is 6.44. The number of methoxy groups -OCH3 is 1. The summed E-state index contributed by atoms with van der Waals surface area (Å²) >= 11 is 6.44. The highest BCUT2D eigenvalue weighted by atomic mass is 35.5. The van der Waals surface area contributed by atoms with Crippen molar-refractivity contribution in [1.82, 2.24) is 24.8 Å². The summed E-state index contributed by atoms with van der Waals surface area (Å²) in [5.74, 6) is 1.03. The lowest BCUT2D eigenvalue weighted by atomic mass is 10.1. The summed E-state index contributed by atoms with van der Waals surface area (Å²) < 4.78 is 7.64. The van der Waals surface area contributed by atoms with Crippen molar-refractivity contribution in [1.29, 1.82) is 0 Å². The first-order valence-corrected chi connectivity index (χ1v) is 10.0. The number of nitrogens with two attached hydrogens (primary N) is 1.